The molecule has 1 aliphatic rings. The molecule has 1 unspecified atom stereocenters. The number of ether oxygens (including phenoxy) is 1. The first-order valence-corrected chi connectivity index (χ1v) is 6.08. The van der Waals surface area contributed by atoms with Gasteiger partial charge in [0, 0.05) is 19.6 Å². The van der Waals surface area contributed by atoms with Crippen LogP contribution < -0.4 is 0 Å². The van der Waals surface area contributed by atoms with Gasteiger partial charge in [-0.3, -0.25) is 0 Å². The van der Waals surface area contributed by atoms with Crippen LogP contribution in [-0.4, -0.2) is 43.5 Å². The lowest BCUT2D eigenvalue weighted by Crippen LogP contribution is -2.38. The molecule has 14 heavy (non-hydrogen) atoms. The summed E-state index contributed by atoms with van der Waals surface area (Å²) in [5.41, 5.74) is 0.313. The van der Waals surface area contributed by atoms with Crippen molar-refractivity contribution in [3.8, 4) is 0 Å². The van der Waals surface area contributed by atoms with Gasteiger partial charge in [0.05, 0.1) is 13.2 Å². The maximum absolute atomic E-state index is 5.52. The Bertz CT molecular complexity index is 173. The summed E-state index contributed by atoms with van der Waals surface area (Å²) in [6.07, 6.45) is 0. The molecule has 0 bridgehead atoms. The van der Waals surface area contributed by atoms with Crippen LogP contribution in [0.4, 0.5) is 0 Å². The Balaban J connectivity index is 2.42. The van der Waals surface area contributed by atoms with Crippen LogP contribution in [0.15, 0.2) is 0 Å². The van der Waals surface area contributed by atoms with Gasteiger partial charge in [-0.2, -0.15) is 12.6 Å². The highest BCUT2D eigenvalue weighted by Gasteiger charge is 2.22. The molecule has 1 aliphatic heterocycles. The Morgan fingerprint density at radius 3 is 2.86 bits per heavy atom. The molecule has 1 saturated heterocycles. The zero-order valence-corrected chi connectivity index (χ0v) is 10.5. The fraction of sp³-hybridized carbons (Fsp3) is 1.00. The van der Waals surface area contributed by atoms with Crippen LogP contribution in [0.3, 0.4) is 0 Å². The van der Waals surface area contributed by atoms with Gasteiger partial charge in [-0.05, 0) is 17.1 Å². The quantitative estimate of drug-likeness (QED) is 0.725. The van der Waals surface area contributed by atoms with Gasteiger partial charge < -0.3 is 9.64 Å². The smallest absolute Gasteiger partial charge is 0.0593 e. The predicted molar refractivity (Wildman–Crippen MR) is 64.1 cm³/mol. The van der Waals surface area contributed by atoms with E-state index in [-0.39, 0.29) is 0 Å². The predicted octanol–water partition coefficient (Wildman–Crippen LogP) is 1.91. The molecule has 3 heteroatoms. The number of thiol groups is 1. The molecule has 0 amide bonds. The minimum atomic E-state index is 0.313. The Morgan fingerprint density at radius 1 is 1.50 bits per heavy atom. The minimum Gasteiger partial charge on any atom is -0.380 e. The lowest BCUT2D eigenvalue weighted by molar-refractivity contribution is 0.123. The highest BCUT2D eigenvalue weighted by atomic mass is 32.1. The summed E-state index contributed by atoms with van der Waals surface area (Å²) >= 11 is 4.39. The molecule has 0 N–H and O–H groups in total. The normalized spacial score (nSPS) is 26.1. The molecule has 84 valence electrons. The second-order valence-electron chi connectivity index (χ2n) is 5.24. The molecular weight excluding hydrogens is 194 g/mol. The highest BCUT2D eigenvalue weighted by Crippen LogP contribution is 2.20. The average molecular weight is 217 g/mol. The second kappa shape index (κ2) is 5.38. The first-order valence-electron chi connectivity index (χ1n) is 5.44. The van der Waals surface area contributed by atoms with E-state index < -0.39 is 0 Å². The highest BCUT2D eigenvalue weighted by molar-refractivity contribution is 7.80. The van der Waals surface area contributed by atoms with Gasteiger partial charge in [0.1, 0.15) is 0 Å². The largest absolute Gasteiger partial charge is 0.380 e. The zero-order valence-electron chi connectivity index (χ0n) is 9.62. The molecule has 0 aliphatic carbocycles. The van der Waals surface area contributed by atoms with Crippen LogP contribution in [0.5, 0.6) is 0 Å². The zero-order chi connectivity index (χ0) is 10.6. The molecule has 1 heterocycles. The van der Waals surface area contributed by atoms with Gasteiger partial charge in [-0.1, -0.05) is 20.8 Å². The molecule has 0 saturated carbocycles. The van der Waals surface area contributed by atoms with Crippen LogP contribution in [0, 0.1) is 11.3 Å². The Kier molecular flexibility index (Phi) is 4.74. The van der Waals surface area contributed by atoms with Crippen molar-refractivity contribution in [3.63, 3.8) is 0 Å². The van der Waals surface area contributed by atoms with Crippen LogP contribution in [0.25, 0.3) is 0 Å². The number of rotatable bonds is 3. The second-order valence-corrected chi connectivity index (χ2v) is 5.55. The molecule has 0 spiro atoms. The topological polar surface area (TPSA) is 12.5 Å². The van der Waals surface area contributed by atoms with Crippen LogP contribution in [0.2, 0.25) is 0 Å². The number of hydrogen-bond donors (Lipinski definition) is 1. The number of hydrogen-bond acceptors (Lipinski definition) is 3. The van der Waals surface area contributed by atoms with Crippen molar-refractivity contribution in [1.29, 1.82) is 0 Å². The van der Waals surface area contributed by atoms with E-state index >= 15 is 0 Å². The molecule has 0 radical (unpaired) electrons. The average Bonchev–Trinajstić information content (AvgIpc) is 2.29. The molecule has 1 rings (SSSR count). The van der Waals surface area contributed by atoms with Crippen molar-refractivity contribution in [2.45, 2.75) is 20.8 Å². The standard InChI is InChI=1S/C11H23NOS/c1-10-6-12(4-5-13-7-10)8-11(2,3)9-14/h10,14H,4-9H2,1-3H3. The summed E-state index contributed by atoms with van der Waals surface area (Å²) in [6, 6.07) is 0. The van der Waals surface area contributed by atoms with E-state index in [0.717, 1.165) is 38.6 Å². The summed E-state index contributed by atoms with van der Waals surface area (Å²) in [4.78, 5) is 2.51. The van der Waals surface area contributed by atoms with Crippen molar-refractivity contribution in [2.75, 3.05) is 38.6 Å². The molecule has 1 fully saturated rings. The minimum absolute atomic E-state index is 0.313. The third-order valence-electron chi connectivity index (χ3n) is 2.60. The first-order chi connectivity index (χ1) is 6.53. The van der Waals surface area contributed by atoms with Gasteiger partial charge in [-0.25, -0.2) is 0 Å². The maximum atomic E-state index is 5.52. The Labute approximate surface area is 93.4 Å². The van der Waals surface area contributed by atoms with Crippen molar-refractivity contribution in [1.82, 2.24) is 4.90 Å². The van der Waals surface area contributed by atoms with E-state index in [0.29, 0.717) is 11.3 Å². The third kappa shape index (κ3) is 4.20. The fourth-order valence-electron chi connectivity index (χ4n) is 1.86. The molecule has 0 aromatic heterocycles. The molecule has 1 atom stereocenters. The van der Waals surface area contributed by atoms with Crippen LogP contribution in [0.1, 0.15) is 20.8 Å². The SMILES string of the molecule is CC1COCCN(CC(C)(C)CS)C1. The van der Waals surface area contributed by atoms with Gasteiger partial charge >= 0.3 is 0 Å². The molecule has 0 aromatic carbocycles. The van der Waals surface area contributed by atoms with E-state index in [4.69, 9.17) is 4.74 Å². The Morgan fingerprint density at radius 2 is 2.21 bits per heavy atom. The summed E-state index contributed by atoms with van der Waals surface area (Å²) in [5, 5.41) is 0. The van der Waals surface area contributed by atoms with Crippen molar-refractivity contribution in [2.24, 2.45) is 11.3 Å². The lowest BCUT2D eigenvalue weighted by atomic mass is 9.95. The van der Waals surface area contributed by atoms with E-state index in [1.54, 1.807) is 0 Å². The van der Waals surface area contributed by atoms with Gasteiger partial charge in [-0.15, -0.1) is 0 Å². The first kappa shape index (κ1) is 12.3. The summed E-state index contributed by atoms with van der Waals surface area (Å²) in [6.45, 7) is 12.0. The van der Waals surface area contributed by atoms with Gasteiger partial charge in [0.25, 0.3) is 0 Å². The van der Waals surface area contributed by atoms with E-state index in [1.165, 1.54) is 0 Å². The van der Waals surface area contributed by atoms with Crippen molar-refractivity contribution in [3.05, 3.63) is 0 Å². The summed E-state index contributed by atoms with van der Waals surface area (Å²) in [7, 11) is 0. The van der Waals surface area contributed by atoms with Gasteiger partial charge in [0.2, 0.25) is 0 Å². The van der Waals surface area contributed by atoms with Crippen LogP contribution in [-0.2, 0) is 4.74 Å². The Hall–Kier alpha value is 0.270. The third-order valence-corrected chi connectivity index (χ3v) is 3.46. The summed E-state index contributed by atoms with van der Waals surface area (Å²) < 4.78 is 5.52. The van der Waals surface area contributed by atoms with E-state index in [1.807, 2.05) is 0 Å². The molecule has 0 aromatic rings. The van der Waals surface area contributed by atoms with E-state index in [9.17, 15) is 0 Å². The number of nitrogens with zero attached hydrogens (tertiary/aromatic N) is 1. The van der Waals surface area contributed by atoms with Gasteiger partial charge in [0.15, 0.2) is 0 Å². The molecular formula is C11H23NOS. The van der Waals surface area contributed by atoms with Crippen molar-refractivity contribution < 1.29 is 4.74 Å². The lowest BCUT2D eigenvalue weighted by Gasteiger charge is -2.31. The van der Waals surface area contributed by atoms with Crippen molar-refractivity contribution >= 4 is 12.6 Å². The summed E-state index contributed by atoms with van der Waals surface area (Å²) in [5.74, 6) is 1.60. The monoisotopic (exact) mass is 217 g/mol. The van der Waals surface area contributed by atoms with E-state index in [2.05, 4.69) is 38.3 Å². The van der Waals surface area contributed by atoms with Crippen LogP contribution >= 0.6 is 12.6 Å². The fourth-order valence-corrected chi connectivity index (χ4v) is 1.96. The molecule has 2 nitrogen and oxygen atoms in total. The maximum Gasteiger partial charge on any atom is 0.0593 e.